The first-order valence-corrected chi connectivity index (χ1v) is 6.66. The Kier molecular flexibility index (Phi) is 5.37. The molecule has 0 spiro atoms. The lowest BCUT2D eigenvalue weighted by atomic mass is 10.2. The second-order valence-corrected chi connectivity index (χ2v) is 6.66. The van der Waals surface area contributed by atoms with Crippen LogP contribution in [-0.4, -0.2) is 56.8 Å². The van der Waals surface area contributed by atoms with Crippen molar-refractivity contribution in [3.05, 3.63) is 0 Å². The molecular weight excluding hydrogens is 234 g/mol. The molecule has 0 bridgehead atoms. The van der Waals surface area contributed by atoms with E-state index in [0.717, 1.165) is 6.26 Å². The topological polar surface area (TPSA) is 92.7 Å². The SMILES string of the molecule is COCC(CO)NC(=O)C(C)(C)S(C)(=O)=O. The first-order chi connectivity index (χ1) is 7.16. The Hall–Kier alpha value is -0.660. The minimum absolute atomic E-state index is 0.127. The van der Waals surface area contributed by atoms with Gasteiger partial charge in [0, 0.05) is 13.4 Å². The van der Waals surface area contributed by atoms with Gasteiger partial charge in [0.25, 0.3) is 0 Å². The summed E-state index contributed by atoms with van der Waals surface area (Å²) in [5.41, 5.74) is 0. The minimum Gasteiger partial charge on any atom is -0.394 e. The molecule has 0 saturated carbocycles. The van der Waals surface area contributed by atoms with E-state index in [1.165, 1.54) is 21.0 Å². The van der Waals surface area contributed by atoms with E-state index in [1.54, 1.807) is 0 Å². The molecular formula is C9H19NO5S. The van der Waals surface area contributed by atoms with Gasteiger partial charge in [0.1, 0.15) is 4.75 Å². The van der Waals surface area contributed by atoms with Gasteiger partial charge in [0.2, 0.25) is 5.91 Å². The third-order valence-corrected chi connectivity index (χ3v) is 4.44. The van der Waals surface area contributed by atoms with Crippen LogP contribution in [0.3, 0.4) is 0 Å². The van der Waals surface area contributed by atoms with Crippen molar-refractivity contribution in [3.63, 3.8) is 0 Å². The van der Waals surface area contributed by atoms with Crippen LogP contribution in [0, 0.1) is 0 Å². The van der Waals surface area contributed by atoms with Crippen LogP contribution >= 0.6 is 0 Å². The predicted molar refractivity (Wildman–Crippen MR) is 59.8 cm³/mol. The van der Waals surface area contributed by atoms with Crippen LogP contribution in [-0.2, 0) is 19.4 Å². The second-order valence-electron chi connectivity index (χ2n) is 4.09. The van der Waals surface area contributed by atoms with Crippen LogP contribution < -0.4 is 5.32 Å². The van der Waals surface area contributed by atoms with Crippen LogP contribution in [0.4, 0.5) is 0 Å². The fourth-order valence-corrected chi connectivity index (χ4v) is 1.26. The standard InChI is InChI=1S/C9H19NO5S/c1-9(2,16(4,13)14)8(12)10-7(5-11)6-15-3/h7,11H,5-6H2,1-4H3,(H,10,12). The number of aliphatic hydroxyl groups is 1. The first kappa shape index (κ1) is 15.3. The smallest absolute Gasteiger partial charge is 0.241 e. The van der Waals surface area contributed by atoms with Gasteiger partial charge >= 0.3 is 0 Å². The van der Waals surface area contributed by atoms with E-state index < -0.39 is 26.5 Å². The lowest BCUT2D eigenvalue weighted by molar-refractivity contribution is -0.124. The minimum atomic E-state index is -3.50. The monoisotopic (exact) mass is 253 g/mol. The van der Waals surface area contributed by atoms with E-state index in [9.17, 15) is 13.2 Å². The average Bonchev–Trinajstić information content (AvgIpc) is 2.15. The third-order valence-electron chi connectivity index (χ3n) is 2.40. The summed E-state index contributed by atoms with van der Waals surface area (Å²) in [7, 11) is -2.08. The van der Waals surface area contributed by atoms with Gasteiger partial charge in [-0.3, -0.25) is 4.79 Å². The van der Waals surface area contributed by atoms with Crippen molar-refractivity contribution in [2.45, 2.75) is 24.6 Å². The van der Waals surface area contributed by atoms with Crippen molar-refractivity contribution in [1.82, 2.24) is 5.32 Å². The highest BCUT2D eigenvalue weighted by Crippen LogP contribution is 2.15. The molecule has 0 heterocycles. The van der Waals surface area contributed by atoms with E-state index in [2.05, 4.69) is 5.32 Å². The quantitative estimate of drug-likeness (QED) is 0.629. The first-order valence-electron chi connectivity index (χ1n) is 4.77. The molecule has 6 nitrogen and oxygen atoms in total. The zero-order chi connectivity index (χ0) is 13.0. The van der Waals surface area contributed by atoms with Crippen LogP contribution in [0.2, 0.25) is 0 Å². The summed E-state index contributed by atoms with van der Waals surface area (Å²) in [5, 5.41) is 11.4. The molecule has 0 radical (unpaired) electrons. The predicted octanol–water partition coefficient (Wildman–Crippen LogP) is -1.07. The van der Waals surface area contributed by atoms with Crippen molar-refractivity contribution in [1.29, 1.82) is 0 Å². The molecule has 0 aromatic heterocycles. The van der Waals surface area contributed by atoms with E-state index in [0.29, 0.717) is 0 Å². The number of carbonyl (C=O) groups is 1. The highest BCUT2D eigenvalue weighted by atomic mass is 32.2. The summed E-state index contributed by atoms with van der Waals surface area (Å²) in [6, 6.07) is -0.599. The molecule has 1 amide bonds. The van der Waals surface area contributed by atoms with Gasteiger partial charge in [-0.1, -0.05) is 0 Å². The number of sulfone groups is 1. The molecule has 1 unspecified atom stereocenters. The van der Waals surface area contributed by atoms with Gasteiger partial charge in [-0.05, 0) is 13.8 Å². The maximum Gasteiger partial charge on any atom is 0.241 e. The summed E-state index contributed by atoms with van der Waals surface area (Å²) in [5.74, 6) is -0.647. The van der Waals surface area contributed by atoms with E-state index in [4.69, 9.17) is 9.84 Å². The molecule has 96 valence electrons. The number of aliphatic hydroxyl groups excluding tert-OH is 1. The van der Waals surface area contributed by atoms with Gasteiger partial charge in [0.05, 0.1) is 19.3 Å². The molecule has 0 rings (SSSR count). The number of carbonyl (C=O) groups excluding carboxylic acids is 1. The number of nitrogens with one attached hydrogen (secondary N) is 1. The highest BCUT2D eigenvalue weighted by Gasteiger charge is 2.39. The Morgan fingerprint density at radius 3 is 2.31 bits per heavy atom. The normalized spacial score (nSPS) is 14.6. The molecule has 2 N–H and O–H groups in total. The average molecular weight is 253 g/mol. The Labute approximate surface area is 95.9 Å². The summed E-state index contributed by atoms with van der Waals surface area (Å²) in [6.45, 7) is 2.46. The molecule has 0 aromatic rings. The van der Waals surface area contributed by atoms with Crippen molar-refractivity contribution in [2.24, 2.45) is 0 Å². The van der Waals surface area contributed by atoms with Crippen LogP contribution in [0.1, 0.15) is 13.8 Å². The Morgan fingerprint density at radius 2 is 2.00 bits per heavy atom. The number of amides is 1. The molecule has 0 aliphatic heterocycles. The summed E-state index contributed by atoms with van der Waals surface area (Å²) in [4.78, 5) is 11.7. The zero-order valence-electron chi connectivity index (χ0n) is 9.98. The maximum atomic E-state index is 11.7. The van der Waals surface area contributed by atoms with Crippen molar-refractivity contribution >= 4 is 15.7 Å². The molecule has 7 heteroatoms. The van der Waals surface area contributed by atoms with Crippen molar-refractivity contribution in [3.8, 4) is 0 Å². The summed E-state index contributed by atoms with van der Waals surface area (Å²) >= 11 is 0. The van der Waals surface area contributed by atoms with Gasteiger partial charge in [0.15, 0.2) is 9.84 Å². The Balaban J connectivity index is 4.69. The number of ether oxygens (including phenoxy) is 1. The number of hydrogen-bond donors (Lipinski definition) is 2. The van der Waals surface area contributed by atoms with E-state index >= 15 is 0 Å². The number of hydrogen-bond acceptors (Lipinski definition) is 5. The molecule has 1 atom stereocenters. The summed E-state index contributed by atoms with van der Waals surface area (Å²) in [6.07, 6.45) is 0.997. The van der Waals surface area contributed by atoms with E-state index in [-0.39, 0.29) is 13.2 Å². The molecule has 0 aromatic carbocycles. The van der Waals surface area contributed by atoms with Crippen LogP contribution in [0.15, 0.2) is 0 Å². The van der Waals surface area contributed by atoms with Gasteiger partial charge < -0.3 is 15.2 Å². The fourth-order valence-electron chi connectivity index (χ4n) is 0.869. The maximum absolute atomic E-state index is 11.7. The van der Waals surface area contributed by atoms with Crippen LogP contribution in [0.5, 0.6) is 0 Å². The van der Waals surface area contributed by atoms with Crippen LogP contribution in [0.25, 0.3) is 0 Å². The van der Waals surface area contributed by atoms with E-state index in [1.807, 2.05) is 0 Å². The number of methoxy groups -OCH3 is 1. The number of rotatable bonds is 6. The third kappa shape index (κ3) is 3.73. The van der Waals surface area contributed by atoms with Crippen molar-refractivity contribution < 1.29 is 23.1 Å². The highest BCUT2D eigenvalue weighted by molar-refractivity contribution is 7.92. The lowest BCUT2D eigenvalue weighted by Gasteiger charge is -2.24. The van der Waals surface area contributed by atoms with Gasteiger partial charge in [-0.2, -0.15) is 0 Å². The molecule has 0 fully saturated rings. The van der Waals surface area contributed by atoms with Gasteiger partial charge in [-0.15, -0.1) is 0 Å². The molecule has 0 saturated heterocycles. The molecule has 0 aliphatic rings. The molecule has 0 aliphatic carbocycles. The second kappa shape index (κ2) is 5.60. The fraction of sp³-hybridized carbons (Fsp3) is 0.889. The Morgan fingerprint density at radius 1 is 1.50 bits per heavy atom. The molecule has 16 heavy (non-hydrogen) atoms. The Bertz CT molecular complexity index is 336. The largest absolute Gasteiger partial charge is 0.394 e. The zero-order valence-corrected chi connectivity index (χ0v) is 10.8. The van der Waals surface area contributed by atoms with Gasteiger partial charge in [-0.25, -0.2) is 8.42 Å². The summed E-state index contributed by atoms with van der Waals surface area (Å²) < 4.78 is 26.0. The lowest BCUT2D eigenvalue weighted by Crippen LogP contribution is -2.52. The van der Waals surface area contributed by atoms with Crippen molar-refractivity contribution in [2.75, 3.05) is 26.6 Å².